The first-order valence-electron chi connectivity index (χ1n) is 10.4. The summed E-state index contributed by atoms with van der Waals surface area (Å²) in [6, 6.07) is 10.9. The van der Waals surface area contributed by atoms with Gasteiger partial charge in [-0.15, -0.1) is 0 Å². The fourth-order valence-corrected chi connectivity index (χ4v) is 3.74. The van der Waals surface area contributed by atoms with E-state index < -0.39 is 42.8 Å². The van der Waals surface area contributed by atoms with Crippen molar-refractivity contribution >= 4 is 11.8 Å². The first kappa shape index (κ1) is 23.0. The van der Waals surface area contributed by atoms with E-state index in [9.17, 15) is 30.0 Å². The molecule has 0 spiro atoms. The van der Waals surface area contributed by atoms with Crippen molar-refractivity contribution in [2.45, 2.75) is 50.2 Å². The Bertz CT molecular complexity index is 1020. The van der Waals surface area contributed by atoms with Gasteiger partial charge >= 0.3 is 5.97 Å². The van der Waals surface area contributed by atoms with E-state index in [-0.39, 0.29) is 30.3 Å². The fourth-order valence-electron chi connectivity index (χ4n) is 3.74. The maximum atomic E-state index is 12.4. The summed E-state index contributed by atoms with van der Waals surface area (Å²) in [7, 11) is 0. The number of ketones is 1. The highest BCUT2D eigenvalue weighted by molar-refractivity contribution is 6.00. The summed E-state index contributed by atoms with van der Waals surface area (Å²) < 4.78 is 21.8. The van der Waals surface area contributed by atoms with Gasteiger partial charge in [-0.25, -0.2) is 0 Å². The van der Waals surface area contributed by atoms with Crippen LogP contribution in [0.3, 0.4) is 0 Å². The van der Waals surface area contributed by atoms with E-state index in [0.29, 0.717) is 16.9 Å². The largest absolute Gasteiger partial charge is 0.508 e. The molecule has 4 rings (SSSR count). The topological polar surface area (TPSA) is 152 Å². The molecule has 0 aromatic heterocycles. The standard InChI is InChI=1S/C23H24O10/c1-11(24)30-10-19-20(27)21(28)22(29)23(33-19)31-14-5-2-12(3-6-14)17-9-16(26)15-7-4-13(25)8-18(15)32-17/h2-8,17,19-23,25,27-29H,9-10H2,1H3/t17-,19+,20+,21-,22+,23+/m0/s1. The summed E-state index contributed by atoms with van der Waals surface area (Å²) in [5.74, 6) is -0.0943. The van der Waals surface area contributed by atoms with Crippen molar-refractivity contribution in [2.24, 2.45) is 0 Å². The predicted octanol–water partition coefficient (Wildman–Crippen LogP) is 0.848. The molecule has 0 aliphatic carbocycles. The number of phenols is 1. The maximum Gasteiger partial charge on any atom is 0.302 e. The highest BCUT2D eigenvalue weighted by Crippen LogP contribution is 2.37. The lowest BCUT2D eigenvalue weighted by atomic mass is 9.96. The first-order valence-corrected chi connectivity index (χ1v) is 10.4. The van der Waals surface area contributed by atoms with Gasteiger partial charge in [0.2, 0.25) is 6.29 Å². The zero-order chi connectivity index (χ0) is 23.7. The molecule has 2 aromatic rings. The minimum atomic E-state index is -1.57. The number of aromatic hydroxyl groups is 1. The van der Waals surface area contributed by atoms with Crippen molar-refractivity contribution in [2.75, 3.05) is 6.61 Å². The smallest absolute Gasteiger partial charge is 0.302 e. The lowest BCUT2D eigenvalue weighted by Crippen LogP contribution is -2.60. The summed E-state index contributed by atoms with van der Waals surface area (Å²) in [6.45, 7) is 0.879. The molecule has 1 fully saturated rings. The molecule has 33 heavy (non-hydrogen) atoms. The van der Waals surface area contributed by atoms with Gasteiger partial charge in [0, 0.05) is 13.0 Å². The average molecular weight is 460 g/mol. The maximum absolute atomic E-state index is 12.4. The lowest BCUT2D eigenvalue weighted by molar-refractivity contribution is -0.278. The number of Topliss-reactive ketones (excluding diaryl/α,β-unsaturated/α-hetero) is 1. The van der Waals surface area contributed by atoms with Crippen LogP contribution >= 0.6 is 0 Å². The number of phenolic OH excluding ortho intramolecular Hbond substituents is 1. The normalized spacial score (nSPS) is 29.0. The van der Waals surface area contributed by atoms with Gasteiger partial charge in [-0.1, -0.05) is 12.1 Å². The number of benzene rings is 2. The van der Waals surface area contributed by atoms with E-state index >= 15 is 0 Å². The zero-order valence-corrected chi connectivity index (χ0v) is 17.7. The molecule has 10 heteroatoms. The SMILES string of the molecule is CC(=O)OC[C@H]1O[C@@H](Oc2ccc([C@@H]3CC(=O)c4ccc(O)cc4O3)cc2)[C@H](O)[C@@H](O)[C@@H]1O. The van der Waals surface area contributed by atoms with Crippen molar-refractivity contribution in [1.29, 1.82) is 0 Å². The van der Waals surface area contributed by atoms with Crippen molar-refractivity contribution in [1.82, 2.24) is 0 Å². The highest BCUT2D eigenvalue weighted by Gasteiger charge is 2.45. The minimum Gasteiger partial charge on any atom is -0.508 e. The first-order chi connectivity index (χ1) is 15.7. The van der Waals surface area contributed by atoms with Crippen LogP contribution in [0.2, 0.25) is 0 Å². The van der Waals surface area contributed by atoms with Crippen molar-refractivity contribution in [3.63, 3.8) is 0 Å². The van der Waals surface area contributed by atoms with Crippen LogP contribution in [0.4, 0.5) is 0 Å². The third-order valence-corrected chi connectivity index (χ3v) is 5.53. The number of fused-ring (bicyclic) bond motifs is 1. The van der Waals surface area contributed by atoms with E-state index in [4.69, 9.17) is 18.9 Å². The van der Waals surface area contributed by atoms with E-state index in [1.807, 2.05) is 0 Å². The number of rotatable bonds is 5. The van der Waals surface area contributed by atoms with Gasteiger partial charge in [-0.3, -0.25) is 9.59 Å². The molecule has 2 aliphatic heterocycles. The molecule has 4 N–H and O–H groups in total. The molecule has 2 heterocycles. The van der Waals surface area contributed by atoms with Crippen LogP contribution in [0.25, 0.3) is 0 Å². The number of ether oxygens (including phenoxy) is 4. The monoisotopic (exact) mass is 460 g/mol. The summed E-state index contributed by atoms with van der Waals surface area (Å²) in [4.78, 5) is 23.5. The van der Waals surface area contributed by atoms with Crippen LogP contribution < -0.4 is 9.47 Å². The molecule has 1 saturated heterocycles. The number of hydrogen-bond acceptors (Lipinski definition) is 10. The Morgan fingerprint density at radius 1 is 1.06 bits per heavy atom. The van der Waals surface area contributed by atoms with Crippen LogP contribution in [-0.2, 0) is 14.3 Å². The number of carbonyl (C=O) groups excluding carboxylic acids is 2. The Labute approximate surface area is 188 Å². The molecule has 0 radical (unpaired) electrons. The third kappa shape index (κ3) is 4.93. The number of aliphatic hydroxyl groups excluding tert-OH is 3. The zero-order valence-electron chi connectivity index (χ0n) is 17.7. The molecular formula is C23H24O10. The Morgan fingerprint density at radius 2 is 1.79 bits per heavy atom. The Hall–Kier alpha value is -3.18. The molecule has 0 unspecified atom stereocenters. The van der Waals surface area contributed by atoms with E-state index in [1.165, 1.54) is 25.1 Å². The fraction of sp³-hybridized carbons (Fsp3) is 0.391. The van der Waals surface area contributed by atoms with Crippen molar-refractivity contribution in [3.8, 4) is 17.2 Å². The molecular weight excluding hydrogens is 436 g/mol. The van der Waals surface area contributed by atoms with Crippen molar-refractivity contribution in [3.05, 3.63) is 53.6 Å². The summed E-state index contributed by atoms with van der Waals surface area (Å²) in [5.41, 5.74) is 1.11. The molecule has 2 aromatic carbocycles. The lowest BCUT2D eigenvalue weighted by Gasteiger charge is -2.39. The van der Waals surface area contributed by atoms with Crippen LogP contribution in [-0.4, -0.2) is 69.5 Å². The quantitative estimate of drug-likeness (QED) is 0.473. The Balaban J connectivity index is 1.44. The Morgan fingerprint density at radius 3 is 2.48 bits per heavy atom. The highest BCUT2D eigenvalue weighted by atomic mass is 16.7. The van der Waals surface area contributed by atoms with Crippen LogP contribution in [0.15, 0.2) is 42.5 Å². The number of carbonyl (C=O) groups is 2. The van der Waals surface area contributed by atoms with Gasteiger partial charge in [0.1, 0.15) is 54.4 Å². The molecule has 6 atom stereocenters. The van der Waals surface area contributed by atoms with Crippen LogP contribution in [0.1, 0.15) is 35.4 Å². The number of hydrogen-bond donors (Lipinski definition) is 4. The second kappa shape index (κ2) is 9.36. The van der Waals surface area contributed by atoms with E-state index in [0.717, 1.165) is 0 Å². The van der Waals surface area contributed by atoms with Gasteiger partial charge in [-0.05, 0) is 29.8 Å². The summed E-state index contributed by atoms with van der Waals surface area (Å²) >= 11 is 0. The predicted molar refractivity (Wildman–Crippen MR) is 111 cm³/mol. The molecule has 0 bridgehead atoms. The molecule has 176 valence electrons. The third-order valence-electron chi connectivity index (χ3n) is 5.53. The van der Waals surface area contributed by atoms with E-state index in [1.54, 1.807) is 24.3 Å². The van der Waals surface area contributed by atoms with Gasteiger partial charge in [0.25, 0.3) is 0 Å². The Kier molecular flexibility index (Phi) is 6.52. The van der Waals surface area contributed by atoms with Gasteiger partial charge < -0.3 is 39.4 Å². The van der Waals surface area contributed by atoms with Gasteiger partial charge in [0.05, 0.1) is 12.0 Å². The summed E-state index contributed by atoms with van der Waals surface area (Å²) in [6.07, 6.45) is -7.41. The summed E-state index contributed by atoms with van der Waals surface area (Å²) in [5, 5.41) is 40.0. The number of aliphatic hydroxyl groups is 3. The molecule has 2 aliphatic rings. The van der Waals surface area contributed by atoms with E-state index in [2.05, 4.69) is 0 Å². The second-order valence-electron chi connectivity index (χ2n) is 7.92. The minimum absolute atomic E-state index is 0.00343. The average Bonchev–Trinajstić information content (AvgIpc) is 2.78. The van der Waals surface area contributed by atoms with Crippen molar-refractivity contribution < 1.29 is 49.0 Å². The van der Waals surface area contributed by atoms with Crippen LogP contribution in [0.5, 0.6) is 17.2 Å². The molecule has 10 nitrogen and oxygen atoms in total. The molecule has 0 amide bonds. The number of esters is 1. The molecule has 0 saturated carbocycles. The second-order valence-corrected chi connectivity index (χ2v) is 7.92. The van der Waals surface area contributed by atoms with Gasteiger partial charge in [-0.2, -0.15) is 0 Å². The van der Waals surface area contributed by atoms with Gasteiger partial charge in [0.15, 0.2) is 5.78 Å². The van der Waals surface area contributed by atoms with Crippen LogP contribution in [0, 0.1) is 0 Å².